The molecule has 2 heterocycles. The second kappa shape index (κ2) is 5.03. The Morgan fingerprint density at radius 1 is 1.33 bits per heavy atom. The topological polar surface area (TPSA) is 75.9 Å². The molecule has 0 amide bonds. The highest BCUT2D eigenvalue weighted by Crippen LogP contribution is 2.12. The molecular weight excluding hydrogens is 230 g/mol. The summed E-state index contributed by atoms with van der Waals surface area (Å²) in [6.45, 7) is 6.72. The van der Waals surface area contributed by atoms with Gasteiger partial charge in [-0.3, -0.25) is 0 Å². The fraction of sp³-hybridized carbons (Fsp3) is 0.417. The zero-order valence-corrected chi connectivity index (χ0v) is 10.8. The van der Waals surface area contributed by atoms with Gasteiger partial charge in [0.05, 0.1) is 19.0 Å². The third-order valence-electron chi connectivity index (χ3n) is 2.06. The van der Waals surface area contributed by atoms with Crippen molar-refractivity contribution in [2.75, 3.05) is 10.6 Å². The van der Waals surface area contributed by atoms with Crippen LogP contribution in [0.25, 0.3) is 0 Å². The third-order valence-corrected chi connectivity index (χ3v) is 2.06. The summed E-state index contributed by atoms with van der Waals surface area (Å²) in [4.78, 5) is 4.32. The summed E-state index contributed by atoms with van der Waals surface area (Å²) in [5.41, 5.74) is -0.0612. The molecule has 18 heavy (non-hydrogen) atoms. The Bertz CT molecular complexity index is 489. The summed E-state index contributed by atoms with van der Waals surface area (Å²) in [6.07, 6.45) is 3.23. The van der Waals surface area contributed by atoms with Gasteiger partial charge in [0, 0.05) is 5.54 Å². The molecule has 0 unspecified atom stereocenters. The second-order valence-electron chi connectivity index (χ2n) is 4.97. The van der Waals surface area contributed by atoms with Gasteiger partial charge in [0.1, 0.15) is 5.76 Å². The Hall–Kier alpha value is -2.11. The van der Waals surface area contributed by atoms with Crippen LogP contribution in [0.3, 0.4) is 0 Å². The first-order valence-corrected chi connectivity index (χ1v) is 5.77. The lowest BCUT2D eigenvalue weighted by atomic mass is 10.1. The van der Waals surface area contributed by atoms with Gasteiger partial charge in [-0.05, 0) is 32.9 Å². The molecule has 96 valence electrons. The molecule has 0 aromatic carbocycles. The molecule has 6 heteroatoms. The van der Waals surface area contributed by atoms with Crippen molar-refractivity contribution in [3.8, 4) is 0 Å². The van der Waals surface area contributed by atoms with Gasteiger partial charge in [-0.1, -0.05) is 0 Å². The van der Waals surface area contributed by atoms with E-state index in [-0.39, 0.29) is 5.54 Å². The number of furan rings is 1. The summed E-state index contributed by atoms with van der Waals surface area (Å²) in [7, 11) is 0. The highest BCUT2D eigenvalue weighted by Gasteiger charge is 2.11. The minimum atomic E-state index is -0.0612. The number of rotatable bonds is 4. The quantitative estimate of drug-likeness (QED) is 0.863. The third kappa shape index (κ3) is 3.73. The van der Waals surface area contributed by atoms with Gasteiger partial charge in [-0.2, -0.15) is 10.1 Å². The SMILES string of the molecule is CC(C)(C)Nc1cnnc(NCc2ccco2)n1. The van der Waals surface area contributed by atoms with Crippen LogP contribution < -0.4 is 10.6 Å². The number of nitrogens with one attached hydrogen (secondary N) is 2. The Morgan fingerprint density at radius 3 is 2.83 bits per heavy atom. The molecule has 0 saturated carbocycles. The summed E-state index contributed by atoms with van der Waals surface area (Å²) < 4.78 is 5.21. The summed E-state index contributed by atoms with van der Waals surface area (Å²) in [5, 5.41) is 14.1. The van der Waals surface area contributed by atoms with Crippen LogP contribution in [0.2, 0.25) is 0 Å². The van der Waals surface area contributed by atoms with E-state index in [0.717, 1.165) is 5.76 Å². The molecule has 0 atom stereocenters. The minimum Gasteiger partial charge on any atom is -0.467 e. The van der Waals surface area contributed by atoms with E-state index in [1.54, 1.807) is 12.5 Å². The van der Waals surface area contributed by atoms with Crippen molar-refractivity contribution >= 4 is 11.8 Å². The van der Waals surface area contributed by atoms with Crippen molar-refractivity contribution in [1.29, 1.82) is 0 Å². The predicted molar refractivity (Wildman–Crippen MR) is 69.2 cm³/mol. The Morgan fingerprint density at radius 2 is 2.17 bits per heavy atom. The molecular formula is C12H17N5O. The van der Waals surface area contributed by atoms with E-state index >= 15 is 0 Å². The Kier molecular flexibility index (Phi) is 3.45. The van der Waals surface area contributed by atoms with Crippen LogP contribution >= 0.6 is 0 Å². The first kappa shape index (κ1) is 12.3. The average molecular weight is 247 g/mol. The molecule has 0 saturated heterocycles. The van der Waals surface area contributed by atoms with E-state index in [1.807, 2.05) is 12.1 Å². The average Bonchev–Trinajstić information content (AvgIpc) is 2.77. The van der Waals surface area contributed by atoms with Gasteiger partial charge in [0.15, 0.2) is 5.82 Å². The van der Waals surface area contributed by atoms with Crippen molar-refractivity contribution in [2.24, 2.45) is 0 Å². The van der Waals surface area contributed by atoms with Crippen molar-refractivity contribution in [3.63, 3.8) is 0 Å². The maximum atomic E-state index is 5.21. The minimum absolute atomic E-state index is 0.0612. The number of hydrogen-bond acceptors (Lipinski definition) is 6. The van der Waals surface area contributed by atoms with E-state index in [2.05, 4.69) is 46.6 Å². The van der Waals surface area contributed by atoms with Crippen LogP contribution in [0.15, 0.2) is 29.0 Å². The fourth-order valence-electron chi connectivity index (χ4n) is 1.40. The van der Waals surface area contributed by atoms with E-state index in [9.17, 15) is 0 Å². The highest BCUT2D eigenvalue weighted by atomic mass is 16.3. The maximum Gasteiger partial charge on any atom is 0.245 e. The zero-order valence-electron chi connectivity index (χ0n) is 10.8. The van der Waals surface area contributed by atoms with Gasteiger partial charge >= 0.3 is 0 Å². The van der Waals surface area contributed by atoms with Crippen molar-refractivity contribution in [1.82, 2.24) is 15.2 Å². The molecule has 2 N–H and O–H groups in total. The van der Waals surface area contributed by atoms with E-state index in [0.29, 0.717) is 18.3 Å². The lowest BCUT2D eigenvalue weighted by Gasteiger charge is -2.20. The van der Waals surface area contributed by atoms with Crippen molar-refractivity contribution in [3.05, 3.63) is 30.4 Å². The van der Waals surface area contributed by atoms with Crippen LogP contribution in [-0.4, -0.2) is 20.7 Å². The lowest BCUT2D eigenvalue weighted by molar-refractivity contribution is 0.517. The van der Waals surface area contributed by atoms with Crippen LogP contribution in [0.5, 0.6) is 0 Å². The normalized spacial score (nSPS) is 11.3. The van der Waals surface area contributed by atoms with Crippen LogP contribution in [0.4, 0.5) is 11.8 Å². The van der Waals surface area contributed by atoms with Crippen LogP contribution in [0.1, 0.15) is 26.5 Å². The Labute approximate surface area is 106 Å². The van der Waals surface area contributed by atoms with Gasteiger partial charge in [0.25, 0.3) is 0 Å². The predicted octanol–water partition coefficient (Wildman–Crippen LogP) is 2.29. The van der Waals surface area contributed by atoms with Crippen molar-refractivity contribution in [2.45, 2.75) is 32.9 Å². The second-order valence-corrected chi connectivity index (χ2v) is 4.97. The molecule has 0 spiro atoms. The first-order chi connectivity index (χ1) is 8.53. The van der Waals surface area contributed by atoms with Crippen LogP contribution in [0, 0.1) is 0 Å². The molecule has 0 aliphatic heterocycles. The summed E-state index contributed by atoms with van der Waals surface area (Å²) >= 11 is 0. The molecule has 2 aromatic rings. The smallest absolute Gasteiger partial charge is 0.245 e. The molecule has 0 aliphatic rings. The summed E-state index contributed by atoms with van der Waals surface area (Å²) in [6, 6.07) is 3.73. The molecule has 6 nitrogen and oxygen atoms in total. The molecule has 0 bridgehead atoms. The van der Waals surface area contributed by atoms with E-state index < -0.39 is 0 Å². The molecule has 2 rings (SSSR count). The van der Waals surface area contributed by atoms with E-state index in [4.69, 9.17) is 4.42 Å². The largest absolute Gasteiger partial charge is 0.467 e. The van der Waals surface area contributed by atoms with Gasteiger partial charge in [0.2, 0.25) is 5.95 Å². The standard InChI is InChI=1S/C12H17N5O/c1-12(2,3)16-10-8-14-17-11(15-10)13-7-9-5-4-6-18-9/h4-6,8H,7H2,1-3H3,(H2,13,15,16,17). The molecule has 2 aromatic heterocycles. The van der Waals surface area contributed by atoms with Gasteiger partial charge in [-0.15, -0.1) is 5.10 Å². The van der Waals surface area contributed by atoms with Gasteiger partial charge < -0.3 is 15.1 Å². The molecule has 0 aliphatic carbocycles. The van der Waals surface area contributed by atoms with Gasteiger partial charge in [-0.25, -0.2) is 0 Å². The maximum absolute atomic E-state index is 5.21. The monoisotopic (exact) mass is 247 g/mol. The molecule has 0 radical (unpaired) electrons. The fourth-order valence-corrected chi connectivity index (χ4v) is 1.40. The number of hydrogen-bond donors (Lipinski definition) is 2. The van der Waals surface area contributed by atoms with Crippen molar-refractivity contribution < 1.29 is 4.42 Å². The number of aromatic nitrogens is 3. The highest BCUT2D eigenvalue weighted by molar-refractivity contribution is 5.38. The van der Waals surface area contributed by atoms with E-state index in [1.165, 1.54) is 0 Å². The number of nitrogens with zero attached hydrogens (tertiary/aromatic N) is 3. The number of anilines is 2. The first-order valence-electron chi connectivity index (χ1n) is 5.77. The Balaban J connectivity index is 1.99. The summed E-state index contributed by atoms with van der Waals surface area (Å²) in [5.74, 6) is 1.99. The lowest BCUT2D eigenvalue weighted by Crippen LogP contribution is -2.27. The zero-order chi connectivity index (χ0) is 13.0. The molecule has 0 fully saturated rings. The van der Waals surface area contributed by atoms with Crippen LogP contribution in [-0.2, 0) is 6.54 Å².